The Bertz CT molecular complexity index is 603. The lowest BCUT2D eigenvalue weighted by Gasteiger charge is -2.13. The number of carbonyl (C=O) groups excluding carboxylic acids is 1. The van der Waals surface area contributed by atoms with Crippen LogP contribution in [0.15, 0.2) is 24.7 Å². The van der Waals surface area contributed by atoms with E-state index < -0.39 is 0 Å². The smallest absolute Gasteiger partial charge is 0.267 e. The molecule has 0 unspecified atom stereocenters. The van der Waals surface area contributed by atoms with Crippen LogP contribution in [0.2, 0.25) is 0 Å². The summed E-state index contributed by atoms with van der Waals surface area (Å²) >= 11 is 0. The summed E-state index contributed by atoms with van der Waals surface area (Å²) in [5.74, 6) is 0.776. The molecule has 120 valence electrons. The van der Waals surface area contributed by atoms with Crippen molar-refractivity contribution in [1.29, 1.82) is 0 Å². The van der Waals surface area contributed by atoms with Crippen LogP contribution < -0.4 is 5.32 Å². The zero-order valence-corrected chi connectivity index (χ0v) is 13.3. The molecule has 2 rings (SSSR count). The van der Waals surface area contributed by atoms with E-state index in [0.29, 0.717) is 31.8 Å². The number of aromatic nitrogens is 4. The first kappa shape index (κ1) is 16.2. The second-order valence-corrected chi connectivity index (χ2v) is 5.33. The highest BCUT2D eigenvalue weighted by atomic mass is 16.5. The Morgan fingerprint density at radius 2 is 2.27 bits per heavy atom. The molecule has 1 N–H and O–H groups in total. The minimum Gasteiger partial charge on any atom is -0.383 e. The van der Waals surface area contributed by atoms with Crippen molar-refractivity contribution in [3.63, 3.8) is 0 Å². The molecular formula is C15H23N5O2. The number of nitrogens with one attached hydrogen (secondary N) is 1. The standard InChI is InChI=1S/C15H23N5O2/c1-12(2)20-8-4-5-13(20)15(21)16-7-6-14-18-17-11-19(14)9-10-22-3/h4-5,8,11-12H,6-7,9-10H2,1-3H3,(H,16,21). The van der Waals surface area contributed by atoms with Gasteiger partial charge in [0, 0.05) is 38.9 Å². The van der Waals surface area contributed by atoms with Gasteiger partial charge < -0.3 is 19.2 Å². The molecule has 0 aromatic carbocycles. The zero-order valence-electron chi connectivity index (χ0n) is 13.3. The molecule has 7 nitrogen and oxygen atoms in total. The van der Waals surface area contributed by atoms with E-state index in [2.05, 4.69) is 29.4 Å². The average Bonchev–Trinajstić information content (AvgIpc) is 3.14. The van der Waals surface area contributed by atoms with Crippen molar-refractivity contribution in [1.82, 2.24) is 24.6 Å². The van der Waals surface area contributed by atoms with E-state index in [4.69, 9.17) is 4.74 Å². The average molecular weight is 305 g/mol. The van der Waals surface area contributed by atoms with Gasteiger partial charge >= 0.3 is 0 Å². The van der Waals surface area contributed by atoms with Crippen LogP contribution in [0.5, 0.6) is 0 Å². The lowest BCUT2D eigenvalue weighted by Crippen LogP contribution is -2.28. The van der Waals surface area contributed by atoms with Gasteiger partial charge in [-0.05, 0) is 26.0 Å². The molecule has 0 aliphatic carbocycles. The number of ether oxygens (including phenoxy) is 1. The fourth-order valence-electron chi connectivity index (χ4n) is 2.26. The summed E-state index contributed by atoms with van der Waals surface area (Å²) < 4.78 is 8.94. The van der Waals surface area contributed by atoms with Crippen LogP contribution in [-0.2, 0) is 17.7 Å². The van der Waals surface area contributed by atoms with Crippen LogP contribution in [0, 0.1) is 0 Å². The third-order valence-corrected chi connectivity index (χ3v) is 3.43. The Kier molecular flexibility index (Phi) is 5.71. The van der Waals surface area contributed by atoms with Crippen molar-refractivity contribution in [3.8, 4) is 0 Å². The normalized spacial score (nSPS) is 11.1. The quantitative estimate of drug-likeness (QED) is 0.797. The van der Waals surface area contributed by atoms with E-state index in [1.807, 2.05) is 27.5 Å². The predicted octanol–water partition coefficient (Wildman–Crippen LogP) is 1.28. The minimum absolute atomic E-state index is 0.0679. The number of nitrogens with zero attached hydrogens (tertiary/aromatic N) is 4. The van der Waals surface area contributed by atoms with Gasteiger partial charge in [-0.1, -0.05) is 0 Å². The van der Waals surface area contributed by atoms with Crippen molar-refractivity contribution in [2.24, 2.45) is 0 Å². The van der Waals surface area contributed by atoms with Crippen molar-refractivity contribution in [2.45, 2.75) is 32.9 Å². The molecule has 0 radical (unpaired) electrons. The number of rotatable bonds is 8. The summed E-state index contributed by atoms with van der Waals surface area (Å²) in [4.78, 5) is 12.2. The maximum atomic E-state index is 12.2. The predicted molar refractivity (Wildman–Crippen MR) is 82.8 cm³/mol. The maximum Gasteiger partial charge on any atom is 0.267 e. The zero-order chi connectivity index (χ0) is 15.9. The highest BCUT2D eigenvalue weighted by molar-refractivity contribution is 5.92. The highest BCUT2D eigenvalue weighted by Crippen LogP contribution is 2.10. The van der Waals surface area contributed by atoms with Crippen LogP contribution >= 0.6 is 0 Å². The summed E-state index contributed by atoms with van der Waals surface area (Å²) in [5, 5.41) is 10.9. The number of carbonyl (C=O) groups is 1. The molecule has 2 aromatic rings. The number of methoxy groups -OCH3 is 1. The molecule has 2 heterocycles. The Morgan fingerprint density at radius 1 is 1.45 bits per heavy atom. The first-order chi connectivity index (χ1) is 10.6. The lowest BCUT2D eigenvalue weighted by atomic mass is 10.3. The van der Waals surface area contributed by atoms with Gasteiger partial charge in [0.25, 0.3) is 5.91 Å². The summed E-state index contributed by atoms with van der Waals surface area (Å²) in [6, 6.07) is 3.97. The topological polar surface area (TPSA) is 74.0 Å². The summed E-state index contributed by atoms with van der Waals surface area (Å²) in [5.41, 5.74) is 0.677. The molecule has 7 heteroatoms. The largest absolute Gasteiger partial charge is 0.383 e. The molecule has 0 saturated carbocycles. The van der Waals surface area contributed by atoms with Gasteiger partial charge in [-0.2, -0.15) is 0 Å². The van der Waals surface area contributed by atoms with Crippen LogP contribution in [0.3, 0.4) is 0 Å². The Balaban J connectivity index is 1.87. The van der Waals surface area contributed by atoms with Gasteiger partial charge in [-0.15, -0.1) is 10.2 Å². The fourth-order valence-corrected chi connectivity index (χ4v) is 2.26. The lowest BCUT2D eigenvalue weighted by molar-refractivity contribution is 0.0943. The third-order valence-electron chi connectivity index (χ3n) is 3.43. The number of hydrogen-bond acceptors (Lipinski definition) is 4. The fraction of sp³-hybridized carbons (Fsp3) is 0.533. The van der Waals surface area contributed by atoms with E-state index in [0.717, 1.165) is 5.82 Å². The second-order valence-electron chi connectivity index (χ2n) is 5.33. The molecular weight excluding hydrogens is 282 g/mol. The van der Waals surface area contributed by atoms with E-state index >= 15 is 0 Å². The van der Waals surface area contributed by atoms with Gasteiger partial charge in [0.15, 0.2) is 0 Å². The van der Waals surface area contributed by atoms with Crippen LogP contribution in [0.25, 0.3) is 0 Å². The van der Waals surface area contributed by atoms with Gasteiger partial charge in [0.05, 0.1) is 6.61 Å². The van der Waals surface area contributed by atoms with Crippen LogP contribution in [0.4, 0.5) is 0 Å². The molecule has 22 heavy (non-hydrogen) atoms. The van der Waals surface area contributed by atoms with E-state index in [1.54, 1.807) is 13.4 Å². The molecule has 1 amide bonds. The van der Waals surface area contributed by atoms with Crippen molar-refractivity contribution in [3.05, 3.63) is 36.2 Å². The molecule has 0 aliphatic rings. The van der Waals surface area contributed by atoms with Gasteiger partial charge in [0.2, 0.25) is 0 Å². The molecule has 0 aliphatic heterocycles. The summed E-state index contributed by atoms with van der Waals surface area (Å²) in [6.07, 6.45) is 4.24. The molecule has 0 fully saturated rings. The Hall–Kier alpha value is -2.15. The van der Waals surface area contributed by atoms with E-state index in [9.17, 15) is 4.79 Å². The Morgan fingerprint density at radius 3 is 3.00 bits per heavy atom. The minimum atomic E-state index is -0.0679. The van der Waals surface area contributed by atoms with E-state index in [-0.39, 0.29) is 11.9 Å². The molecule has 0 saturated heterocycles. The van der Waals surface area contributed by atoms with Crippen molar-refractivity contribution < 1.29 is 9.53 Å². The second kappa shape index (κ2) is 7.74. The summed E-state index contributed by atoms with van der Waals surface area (Å²) in [6.45, 7) is 5.94. The molecule has 0 bridgehead atoms. The molecule has 0 spiro atoms. The van der Waals surface area contributed by atoms with Gasteiger partial charge in [-0.25, -0.2) is 0 Å². The summed E-state index contributed by atoms with van der Waals surface area (Å²) in [7, 11) is 1.66. The van der Waals surface area contributed by atoms with E-state index in [1.165, 1.54) is 0 Å². The first-order valence-corrected chi connectivity index (χ1v) is 7.44. The number of amides is 1. The Labute approximate surface area is 130 Å². The van der Waals surface area contributed by atoms with Crippen LogP contribution in [0.1, 0.15) is 36.2 Å². The first-order valence-electron chi connectivity index (χ1n) is 7.44. The van der Waals surface area contributed by atoms with Gasteiger partial charge in [-0.3, -0.25) is 4.79 Å². The van der Waals surface area contributed by atoms with Gasteiger partial charge in [0.1, 0.15) is 17.8 Å². The SMILES string of the molecule is COCCn1cnnc1CCNC(=O)c1cccn1C(C)C. The van der Waals surface area contributed by atoms with Crippen LogP contribution in [-0.4, -0.2) is 45.5 Å². The number of hydrogen-bond donors (Lipinski definition) is 1. The molecule has 0 atom stereocenters. The monoisotopic (exact) mass is 305 g/mol. The third kappa shape index (κ3) is 3.94. The van der Waals surface area contributed by atoms with Crippen molar-refractivity contribution in [2.75, 3.05) is 20.3 Å². The highest BCUT2D eigenvalue weighted by Gasteiger charge is 2.12. The van der Waals surface area contributed by atoms with Crippen molar-refractivity contribution >= 4 is 5.91 Å². The maximum absolute atomic E-state index is 12.2. The molecule has 2 aromatic heterocycles.